The van der Waals surface area contributed by atoms with Crippen LogP contribution >= 0.6 is 0 Å². The first kappa shape index (κ1) is 15.8. The molecule has 1 fully saturated rings. The van der Waals surface area contributed by atoms with Crippen LogP contribution in [-0.2, 0) is 11.2 Å². The van der Waals surface area contributed by atoms with E-state index < -0.39 is 0 Å². The molecular formula is C19H25N3O. The van der Waals surface area contributed by atoms with Gasteiger partial charge in [0, 0.05) is 12.3 Å². The predicted molar refractivity (Wildman–Crippen MR) is 92.5 cm³/mol. The molecule has 122 valence electrons. The van der Waals surface area contributed by atoms with Crippen molar-refractivity contribution in [3.8, 4) is 0 Å². The van der Waals surface area contributed by atoms with Gasteiger partial charge in [0.05, 0.1) is 12.0 Å². The highest BCUT2D eigenvalue weighted by Crippen LogP contribution is 2.34. The second-order valence-electron chi connectivity index (χ2n) is 6.96. The lowest BCUT2D eigenvalue weighted by molar-refractivity contribution is -0.117. The van der Waals surface area contributed by atoms with E-state index in [1.54, 1.807) is 0 Å². The first-order valence-electron chi connectivity index (χ1n) is 8.48. The van der Waals surface area contributed by atoms with E-state index in [1.165, 1.54) is 18.4 Å². The molecule has 1 aliphatic rings. The number of nitrogens with zero attached hydrogens (tertiary/aromatic N) is 2. The van der Waals surface area contributed by atoms with Gasteiger partial charge in [-0.3, -0.25) is 9.48 Å². The summed E-state index contributed by atoms with van der Waals surface area (Å²) in [5.41, 5.74) is 2.36. The molecule has 0 unspecified atom stereocenters. The number of hydrogen-bond donors (Lipinski definition) is 1. The van der Waals surface area contributed by atoms with Crippen molar-refractivity contribution in [3.63, 3.8) is 0 Å². The fraction of sp³-hybridized carbons (Fsp3) is 0.474. The first-order valence-corrected chi connectivity index (χ1v) is 8.48. The predicted octanol–water partition coefficient (Wildman–Crippen LogP) is 4.16. The maximum atomic E-state index is 12.4. The van der Waals surface area contributed by atoms with Crippen molar-refractivity contribution in [2.24, 2.45) is 5.92 Å². The van der Waals surface area contributed by atoms with E-state index >= 15 is 0 Å². The molecule has 0 saturated heterocycles. The lowest BCUT2D eigenvalue weighted by atomic mass is 9.96. The van der Waals surface area contributed by atoms with Crippen LogP contribution in [0.15, 0.2) is 36.5 Å². The van der Waals surface area contributed by atoms with Gasteiger partial charge in [0.2, 0.25) is 5.91 Å². The van der Waals surface area contributed by atoms with Crippen molar-refractivity contribution in [3.05, 3.63) is 47.7 Å². The number of amides is 1. The molecule has 0 radical (unpaired) electrons. The molecule has 2 aromatic rings. The molecule has 1 amide bonds. The summed E-state index contributed by atoms with van der Waals surface area (Å²) in [6.45, 7) is 6.36. The summed E-state index contributed by atoms with van der Waals surface area (Å²) >= 11 is 0. The zero-order valence-electron chi connectivity index (χ0n) is 14.1. The fourth-order valence-electron chi connectivity index (χ4n) is 2.75. The second-order valence-corrected chi connectivity index (χ2v) is 6.96. The van der Waals surface area contributed by atoms with Crippen LogP contribution in [0, 0.1) is 5.92 Å². The van der Waals surface area contributed by atoms with E-state index in [-0.39, 0.29) is 11.8 Å². The van der Waals surface area contributed by atoms with E-state index in [9.17, 15) is 4.79 Å². The van der Waals surface area contributed by atoms with Crippen molar-refractivity contribution in [1.82, 2.24) is 9.78 Å². The molecule has 0 bridgehead atoms. The average molecular weight is 311 g/mol. The number of aromatic nitrogens is 2. The maximum Gasteiger partial charge on any atom is 0.232 e. The van der Waals surface area contributed by atoms with E-state index in [0.29, 0.717) is 17.8 Å². The highest BCUT2D eigenvalue weighted by atomic mass is 16.1. The van der Waals surface area contributed by atoms with Gasteiger partial charge in [-0.1, -0.05) is 38.1 Å². The zero-order valence-corrected chi connectivity index (χ0v) is 14.1. The molecular weight excluding hydrogens is 286 g/mol. The Morgan fingerprint density at radius 3 is 2.52 bits per heavy atom. The summed E-state index contributed by atoms with van der Waals surface area (Å²) in [6, 6.07) is 10.8. The average Bonchev–Trinajstić information content (AvgIpc) is 3.27. The van der Waals surface area contributed by atoms with Crippen LogP contribution in [0.4, 0.5) is 5.82 Å². The van der Waals surface area contributed by atoms with Crippen molar-refractivity contribution < 1.29 is 4.79 Å². The molecule has 1 N–H and O–H groups in total. The fourth-order valence-corrected chi connectivity index (χ4v) is 2.75. The van der Waals surface area contributed by atoms with E-state index in [1.807, 2.05) is 23.9 Å². The molecule has 3 rings (SSSR count). The molecule has 4 nitrogen and oxygen atoms in total. The number of hydrogen-bond acceptors (Lipinski definition) is 2. The van der Waals surface area contributed by atoms with Crippen molar-refractivity contribution >= 4 is 11.7 Å². The summed E-state index contributed by atoms with van der Waals surface area (Å²) < 4.78 is 1.95. The Hall–Kier alpha value is -2.10. The summed E-state index contributed by atoms with van der Waals surface area (Å²) in [4.78, 5) is 12.4. The molecule has 4 heteroatoms. The molecule has 1 aromatic heterocycles. The minimum Gasteiger partial charge on any atom is -0.309 e. The minimum atomic E-state index is -0.186. The third kappa shape index (κ3) is 4.01. The van der Waals surface area contributed by atoms with Gasteiger partial charge in [-0.05, 0) is 43.2 Å². The number of nitrogens with one attached hydrogen (secondary N) is 1. The first-order chi connectivity index (χ1) is 11.0. The Kier molecular flexibility index (Phi) is 4.51. The van der Waals surface area contributed by atoms with Crippen molar-refractivity contribution in [2.75, 3.05) is 5.32 Å². The Balaban J connectivity index is 1.61. The van der Waals surface area contributed by atoms with E-state index in [0.717, 1.165) is 12.0 Å². The van der Waals surface area contributed by atoms with Crippen LogP contribution in [0.5, 0.6) is 0 Å². The summed E-state index contributed by atoms with van der Waals surface area (Å²) in [5, 5.41) is 7.34. The quantitative estimate of drug-likeness (QED) is 0.870. The SMILES string of the molecule is CC(C)Cc1ccc([C@H](C)C(=O)Nc2ccn(C3CC3)n2)cc1. The topological polar surface area (TPSA) is 46.9 Å². The normalized spacial score (nSPS) is 15.7. The van der Waals surface area contributed by atoms with Crippen LogP contribution in [-0.4, -0.2) is 15.7 Å². The number of benzene rings is 1. The number of rotatable bonds is 6. The Bertz CT molecular complexity index is 668. The van der Waals surface area contributed by atoms with Crippen LogP contribution in [0.2, 0.25) is 0 Å². The molecule has 1 aromatic carbocycles. The molecule has 1 aliphatic carbocycles. The van der Waals surface area contributed by atoms with Gasteiger partial charge in [0.1, 0.15) is 0 Å². The Labute approximate surface area is 137 Å². The number of carbonyl (C=O) groups excluding carboxylic acids is 1. The number of anilines is 1. The van der Waals surface area contributed by atoms with Crippen molar-refractivity contribution in [2.45, 2.75) is 52.0 Å². The molecule has 0 aliphatic heterocycles. The Morgan fingerprint density at radius 2 is 1.91 bits per heavy atom. The third-order valence-corrected chi connectivity index (χ3v) is 4.30. The smallest absolute Gasteiger partial charge is 0.232 e. The summed E-state index contributed by atoms with van der Waals surface area (Å²) in [5.74, 6) is 1.09. The van der Waals surface area contributed by atoms with Crippen molar-refractivity contribution in [1.29, 1.82) is 0 Å². The summed E-state index contributed by atoms with van der Waals surface area (Å²) in [6.07, 6.45) is 5.39. The van der Waals surface area contributed by atoms with Gasteiger partial charge in [-0.15, -0.1) is 0 Å². The van der Waals surface area contributed by atoms with E-state index in [2.05, 4.69) is 48.5 Å². The van der Waals surface area contributed by atoms with Crippen LogP contribution < -0.4 is 5.32 Å². The van der Waals surface area contributed by atoms with Gasteiger partial charge in [-0.25, -0.2) is 0 Å². The minimum absolute atomic E-state index is 0.0114. The van der Waals surface area contributed by atoms with Crippen LogP contribution in [0.3, 0.4) is 0 Å². The standard InChI is InChI=1S/C19H25N3O/c1-13(2)12-15-4-6-16(7-5-15)14(3)19(23)20-18-10-11-22(21-18)17-8-9-17/h4-7,10-11,13-14,17H,8-9,12H2,1-3H3,(H,20,21,23)/t14-/m0/s1. The third-order valence-electron chi connectivity index (χ3n) is 4.30. The van der Waals surface area contributed by atoms with Gasteiger partial charge in [0.25, 0.3) is 0 Å². The van der Waals surface area contributed by atoms with Gasteiger partial charge in [0.15, 0.2) is 5.82 Å². The monoisotopic (exact) mass is 311 g/mol. The highest BCUT2D eigenvalue weighted by molar-refractivity contribution is 5.94. The lowest BCUT2D eigenvalue weighted by Crippen LogP contribution is -2.19. The largest absolute Gasteiger partial charge is 0.309 e. The van der Waals surface area contributed by atoms with Crippen LogP contribution in [0.25, 0.3) is 0 Å². The molecule has 1 atom stereocenters. The second kappa shape index (κ2) is 6.57. The van der Waals surface area contributed by atoms with Gasteiger partial charge >= 0.3 is 0 Å². The van der Waals surface area contributed by atoms with Gasteiger partial charge in [-0.2, -0.15) is 5.10 Å². The molecule has 1 heterocycles. The maximum absolute atomic E-state index is 12.4. The van der Waals surface area contributed by atoms with E-state index in [4.69, 9.17) is 0 Å². The zero-order chi connectivity index (χ0) is 16.4. The molecule has 0 spiro atoms. The molecule has 1 saturated carbocycles. The lowest BCUT2D eigenvalue weighted by Gasteiger charge is -2.12. The number of carbonyl (C=O) groups is 1. The highest BCUT2D eigenvalue weighted by Gasteiger charge is 2.24. The summed E-state index contributed by atoms with van der Waals surface area (Å²) in [7, 11) is 0. The van der Waals surface area contributed by atoms with Crippen LogP contribution in [0.1, 0.15) is 56.7 Å². The molecule has 23 heavy (non-hydrogen) atoms. The Morgan fingerprint density at radius 1 is 1.22 bits per heavy atom. The van der Waals surface area contributed by atoms with Gasteiger partial charge < -0.3 is 5.32 Å².